The van der Waals surface area contributed by atoms with E-state index in [0.717, 1.165) is 35.5 Å². The summed E-state index contributed by atoms with van der Waals surface area (Å²) in [6.07, 6.45) is 3.28. The summed E-state index contributed by atoms with van der Waals surface area (Å²) in [5.74, 6) is 0.813. The minimum atomic E-state index is 0.0639. The molecule has 0 radical (unpaired) electrons. The van der Waals surface area contributed by atoms with Crippen LogP contribution in [0.25, 0.3) is 10.2 Å². The Morgan fingerprint density at radius 3 is 2.73 bits per heavy atom. The Bertz CT molecular complexity index is 815. The molecule has 0 spiro atoms. The first kappa shape index (κ1) is 18.7. The second-order valence-electron chi connectivity index (χ2n) is 5.93. The SMILES string of the molecule is O=C(CCCCc1nc2ccccc2s1)NCCOc1ccc(Cl)cc1. The molecular weight excluding hydrogens is 368 g/mol. The smallest absolute Gasteiger partial charge is 0.220 e. The first-order valence-electron chi connectivity index (χ1n) is 8.70. The van der Waals surface area contributed by atoms with Crippen LogP contribution in [0.4, 0.5) is 0 Å². The van der Waals surface area contributed by atoms with Crippen LogP contribution >= 0.6 is 22.9 Å². The van der Waals surface area contributed by atoms with Crippen LogP contribution in [0.3, 0.4) is 0 Å². The molecule has 3 aromatic rings. The summed E-state index contributed by atoms with van der Waals surface area (Å²) in [5.41, 5.74) is 1.06. The molecule has 0 bridgehead atoms. The number of rotatable bonds is 9. The maximum atomic E-state index is 11.9. The van der Waals surface area contributed by atoms with Crippen LogP contribution in [0.2, 0.25) is 5.02 Å². The Kier molecular flexibility index (Phi) is 6.86. The van der Waals surface area contributed by atoms with Crippen molar-refractivity contribution in [1.82, 2.24) is 10.3 Å². The first-order chi connectivity index (χ1) is 12.7. The van der Waals surface area contributed by atoms with E-state index in [0.29, 0.717) is 24.6 Å². The van der Waals surface area contributed by atoms with Crippen LogP contribution in [-0.2, 0) is 11.2 Å². The molecule has 4 nitrogen and oxygen atoms in total. The summed E-state index contributed by atoms with van der Waals surface area (Å²) in [4.78, 5) is 16.5. The van der Waals surface area contributed by atoms with Gasteiger partial charge in [0.1, 0.15) is 12.4 Å². The van der Waals surface area contributed by atoms with E-state index < -0.39 is 0 Å². The highest BCUT2D eigenvalue weighted by Gasteiger charge is 2.05. The standard InChI is InChI=1S/C20H21ClN2O2S/c21-15-9-11-16(12-10-15)25-14-13-22-19(24)7-3-4-8-20-23-17-5-1-2-6-18(17)26-20/h1-2,5-6,9-12H,3-4,7-8,13-14H2,(H,22,24). The van der Waals surface area contributed by atoms with E-state index in [1.807, 2.05) is 30.3 Å². The lowest BCUT2D eigenvalue weighted by Gasteiger charge is -2.07. The van der Waals surface area contributed by atoms with Gasteiger partial charge in [0, 0.05) is 11.4 Å². The molecule has 0 atom stereocenters. The summed E-state index contributed by atoms with van der Waals surface area (Å²) in [6, 6.07) is 15.4. The van der Waals surface area contributed by atoms with Gasteiger partial charge in [0.25, 0.3) is 0 Å². The van der Waals surface area contributed by atoms with Crippen molar-refractivity contribution in [2.45, 2.75) is 25.7 Å². The fourth-order valence-corrected chi connectivity index (χ4v) is 3.70. The maximum Gasteiger partial charge on any atom is 0.220 e. The molecule has 6 heteroatoms. The van der Waals surface area contributed by atoms with Gasteiger partial charge in [0.2, 0.25) is 5.91 Å². The Morgan fingerprint density at radius 2 is 1.92 bits per heavy atom. The molecule has 0 saturated heterocycles. The molecule has 0 unspecified atom stereocenters. The number of amides is 1. The number of aryl methyl sites for hydroxylation is 1. The van der Waals surface area contributed by atoms with E-state index in [2.05, 4.69) is 16.4 Å². The van der Waals surface area contributed by atoms with Gasteiger partial charge in [0.15, 0.2) is 0 Å². The van der Waals surface area contributed by atoms with E-state index in [9.17, 15) is 4.79 Å². The lowest BCUT2D eigenvalue weighted by atomic mass is 10.2. The van der Waals surface area contributed by atoms with Gasteiger partial charge in [-0.1, -0.05) is 23.7 Å². The number of hydrogen-bond donors (Lipinski definition) is 1. The molecular formula is C20H21ClN2O2S. The topological polar surface area (TPSA) is 51.2 Å². The molecule has 1 amide bonds. The van der Waals surface area contributed by atoms with Crippen molar-refractivity contribution in [2.75, 3.05) is 13.2 Å². The number of fused-ring (bicyclic) bond motifs is 1. The second kappa shape index (κ2) is 9.55. The monoisotopic (exact) mass is 388 g/mol. The average Bonchev–Trinajstić information content (AvgIpc) is 3.07. The number of nitrogens with one attached hydrogen (secondary N) is 1. The summed E-state index contributed by atoms with van der Waals surface area (Å²) >= 11 is 7.55. The molecule has 0 aliphatic carbocycles. The van der Waals surface area contributed by atoms with Crippen LogP contribution in [0, 0.1) is 0 Å². The Hall–Kier alpha value is -2.11. The van der Waals surface area contributed by atoms with Gasteiger partial charge in [-0.3, -0.25) is 4.79 Å². The zero-order chi connectivity index (χ0) is 18.2. The maximum absolute atomic E-state index is 11.9. The number of hydrogen-bond acceptors (Lipinski definition) is 4. The molecule has 26 heavy (non-hydrogen) atoms. The van der Waals surface area contributed by atoms with Crippen LogP contribution in [0.1, 0.15) is 24.3 Å². The third-order valence-electron chi connectivity index (χ3n) is 3.89. The number of halogens is 1. The number of carbonyl (C=O) groups excluding carboxylic acids is 1. The van der Waals surface area contributed by atoms with Crippen LogP contribution in [0.15, 0.2) is 48.5 Å². The lowest BCUT2D eigenvalue weighted by Crippen LogP contribution is -2.27. The molecule has 0 fully saturated rings. The zero-order valence-electron chi connectivity index (χ0n) is 14.4. The highest BCUT2D eigenvalue weighted by molar-refractivity contribution is 7.18. The van der Waals surface area contributed by atoms with Crippen LogP contribution < -0.4 is 10.1 Å². The van der Waals surface area contributed by atoms with Crippen molar-refractivity contribution < 1.29 is 9.53 Å². The molecule has 136 valence electrons. The number of nitrogens with zero attached hydrogens (tertiary/aromatic N) is 1. The lowest BCUT2D eigenvalue weighted by molar-refractivity contribution is -0.121. The molecule has 0 aliphatic rings. The summed E-state index contributed by atoms with van der Waals surface area (Å²) in [5, 5.41) is 4.70. The van der Waals surface area contributed by atoms with Crippen molar-refractivity contribution in [3.05, 3.63) is 58.6 Å². The van der Waals surface area contributed by atoms with Crippen molar-refractivity contribution in [3.8, 4) is 5.75 Å². The summed E-state index contributed by atoms with van der Waals surface area (Å²) < 4.78 is 6.77. The fourth-order valence-electron chi connectivity index (χ4n) is 2.57. The van der Waals surface area contributed by atoms with Gasteiger partial charge in [-0.25, -0.2) is 4.98 Å². The first-order valence-corrected chi connectivity index (χ1v) is 9.90. The number of unbranched alkanes of at least 4 members (excludes halogenated alkanes) is 1. The number of aromatic nitrogens is 1. The van der Waals surface area contributed by atoms with Crippen molar-refractivity contribution in [3.63, 3.8) is 0 Å². The van der Waals surface area contributed by atoms with Gasteiger partial charge in [0.05, 0.1) is 21.8 Å². The van der Waals surface area contributed by atoms with Gasteiger partial charge in [-0.05, 0) is 55.7 Å². The summed E-state index contributed by atoms with van der Waals surface area (Å²) in [6.45, 7) is 0.943. The number of para-hydroxylation sites is 1. The Balaban J connectivity index is 1.27. The normalized spacial score (nSPS) is 10.8. The Labute approximate surface area is 162 Å². The predicted octanol–water partition coefficient (Wildman–Crippen LogP) is 4.86. The van der Waals surface area contributed by atoms with Crippen molar-refractivity contribution >= 4 is 39.1 Å². The quantitative estimate of drug-likeness (QED) is 0.532. The van der Waals surface area contributed by atoms with E-state index in [1.165, 1.54) is 4.70 Å². The molecule has 1 N–H and O–H groups in total. The number of ether oxygens (including phenoxy) is 1. The summed E-state index contributed by atoms with van der Waals surface area (Å²) in [7, 11) is 0. The largest absolute Gasteiger partial charge is 0.492 e. The predicted molar refractivity (Wildman–Crippen MR) is 107 cm³/mol. The number of thiazole rings is 1. The Morgan fingerprint density at radius 1 is 1.12 bits per heavy atom. The molecule has 0 saturated carbocycles. The van der Waals surface area contributed by atoms with Gasteiger partial charge in [-0.15, -0.1) is 11.3 Å². The average molecular weight is 389 g/mol. The van der Waals surface area contributed by atoms with Gasteiger partial charge < -0.3 is 10.1 Å². The minimum absolute atomic E-state index is 0.0639. The third kappa shape index (κ3) is 5.71. The molecule has 0 aliphatic heterocycles. The van der Waals surface area contributed by atoms with Crippen molar-refractivity contribution in [2.24, 2.45) is 0 Å². The fraction of sp³-hybridized carbons (Fsp3) is 0.300. The second-order valence-corrected chi connectivity index (χ2v) is 7.49. The molecule has 3 rings (SSSR count). The zero-order valence-corrected chi connectivity index (χ0v) is 16.0. The van der Waals surface area contributed by atoms with Crippen LogP contribution in [-0.4, -0.2) is 24.0 Å². The number of benzene rings is 2. The van der Waals surface area contributed by atoms with Gasteiger partial charge >= 0.3 is 0 Å². The molecule has 1 heterocycles. The van der Waals surface area contributed by atoms with E-state index in [4.69, 9.17) is 16.3 Å². The van der Waals surface area contributed by atoms with E-state index in [-0.39, 0.29) is 5.91 Å². The third-order valence-corrected chi connectivity index (χ3v) is 5.24. The highest BCUT2D eigenvalue weighted by atomic mass is 35.5. The van der Waals surface area contributed by atoms with E-state index >= 15 is 0 Å². The molecule has 2 aromatic carbocycles. The van der Waals surface area contributed by atoms with Crippen molar-refractivity contribution in [1.29, 1.82) is 0 Å². The highest BCUT2D eigenvalue weighted by Crippen LogP contribution is 2.22. The molecule has 1 aromatic heterocycles. The van der Waals surface area contributed by atoms with Crippen LogP contribution in [0.5, 0.6) is 5.75 Å². The minimum Gasteiger partial charge on any atom is -0.492 e. The van der Waals surface area contributed by atoms with Gasteiger partial charge in [-0.2, -0.15) is 0 Å². The number of carbonyl (C=O) groups is 1. The van der Waals surface area contributed by atoms with E-state index in [1.54, 1.807) is 23.5 Å².